The van der Waals surface area contributed by atoms with Crippen molar-refractivity contribution in [3.8, 4) is 0 Å². The Morgan fingerprint density at radius 3 is 2.80 bits per heavy atom. The van der Waals surface area contributed by atoms with Crippen molar-refractivity contribution in [1.29, 1.82) is 0 Å². The first-order valence-electron chi connectivity index (χ1n) is 3.81. The molecule has 0 spiro atoms. The highest BCUT2D eigenvalue weighted by Crippen LogP contribution is 2.23. The highest BCUT2D eigenvalue weighted by Gasteiger charge is 2.24. The third kappa shape index (κ3) is 1.81. The first-order chi connectivity index (χ1) is 4.70. The molecule has 0 radical (unpaired) electrons. The van der Waals surface area contributed by atoms with Gasteiger partial charge in [0.25, 0.3) is 0 Å². The van der Waals surface area contributed by atoms with E-state index in [1.165, 1.54) is 0 Å². The molecule has 58 valence electrons. The highest BCUT2D eigenvalue weighted by molar-refractivity contribution is 5.75. The SMILES string of the molecule is CC(=O)CC1CCOC1C. The normalized spacial score (nSPS) is 32.6. The number of hydrogen-bond donors (Lipinski definition) is 0. The van der Waals surface area contributed by atoms with Gasteiger partial charge in [0.15, 0.2) is 0 Å². The molecule has 2 heteroatoms. The van der Waals surface area contributed by atoms with Crippen LogP contribution in [0.2, 0.25) is 0 Å². The highest BCUT2D eigenvalue weighted by atomic mass is 16.5. The van der Waals surface area contributed by atoms with Gasteiger partial charge in [-0.05, 0) is 26.2 Å². The molecule has 0 N–H and O–H groups in total. The molecule has 0 aromatic rings. The minimum Gasteiger partial charge on any atom is -0.378 e. The molecule has 10 heavy (non-hydrogen) atoms. The smallest absolute Gasteiger partial charge is 0.130 e. The van der Waals surface area contributed by atoms with Crippen LogP contribution >= 0.6 is 0 Å². The lowest BCUT2D eigenvalue weighted by Crippen LogP contribution is -2.13. The van der Waals surface area contributed by atoms with E-state index in [9.17, 15) is 4.79 Å². The Morgan fingerprint density at radius 1 is 1.70 bits per heavy atom. The van der Waals surface area contributed by atoms with Crippen LogP contribution in [0.3, 0.4) is 0 Å². The molecule has 1 heterocycles. The van der Waals surface area contributed by atoms with Gasteiger partial charge < -0.3 is 9.53 Å². The number of carbonyl (C=O) groups is 1. The Morgan fingerprint density at radius 2 is 2.40 bits per heavy atom. The first-order valence-corrected chi connectivity index (χ1v) is 3.81. The van der Waals surface area contributed by atoms with Crippen LogP contribution in [0.25, 0.3) is 0 Å². The Balaban J connectivity index is 2.33. The lowest BCUT2D eigenvalue weighted by molar-refractivity contribution is -0.118. The van der Waals surface area contributed by atoms with Crippen molar-refractivity contribution in [3.05, 3.63) is 0 Å². The number of ether oxygens (including phenoxy) is 1. The summed E-state index contributed by atoms with van der Waals surface area (Å²) in [5.41, 5.74) is 0. The molecule has 1 aliphatic rings. The van der Waals surface area contributed by atoms with Crippen molar-refractivity contribution in [3.63, 3.8) is 0 Å². The molecule has 0 bridgehead atoms. The second-order valence-electron chi connectivity index (χ2n) is 3.03. The maximum Gasteiger partial charge on any atom is 0.130 e. The van der Waals surface area contributed by atoms with Crippen LogP contribution in [0.15, 0.2) is 0 Å². The van der Waals surface area contributed by atoms with Gasteiger partial charge in [0, 0.05) is 13.0 Å². The summed E-state index contributed by atoms with van der Waals surface area (Å²) in [5, 5.41) is 0. The van der Waals surface area contributed by atoms with Crippen LogP contribution in [0, 0.1) is 5.92 Å². The van der Waals surface area contributed by atoms with Crippen molar-refractivity contribution in [1.82, 2.24) is 0 Å². The van der Waals surface area contributed by atoms with E-state index >= 15 is 0 Å². The molecule has 1 aliphatic heterocycles. The van der Waals surface area contributed by atoms with E-state index in [-0.39, 0.29) is 5.78 Å². The molecule has 0 aromatic heterocycles. The lowest BCUT2D eigenvalue weighted by Gasteiger charge is -2.10. The molecule has 0 saturated carbocycles. The van der Waals surface area contributed by atoms with Crippen LogP contribution in [0.1, 0.15) is 26.7 Å². The molecule has 1 saturated heterocycles. The van der Waals surface area contributed by atoms with Gasteiger partial charge >= 0.3 is 0 Å². The Kier molecular flexibility index (Phi) is 2.44. The van der Waals surface area contributed by atoms with Crippen LogP contribution in [0.4, 0.5) is 0 Å². The summed E-state index contributed by atoms with van der Waals surface area (Å²) < 4.78 is 5.31. The fraction of sp³-hybridized carbons (Fsp3) is 0.875. The van der Waals surface area contributed by atoms with Crippen molar-refractivity contribution in [2.24, 2.45) is 5.92 Å². The number of hydrogen-bond acceptors (Lipinski definition) is 2. The van der Waals surface area contributed by atoms with E-state index in [0.717, 1.165) is 13.0 Å². The summed E-state index contributed by atoms with van der Waals surface area (Å²) in [6, 6.07) is 0. The van der Waals surface area contributed by atoms with Crippen molar-refractivity contribution < 1.29 is 9.53 Å². The van der Waals surface area contributed by atoms with Gasteiger partial charge in [-0.3, -0.25) is 0 Å². The molecule has 2 atom stereocenters. The van der Waals surface area contributed by atoms with E-state index in [0.29, 0.717) is 18.4 Å². The fourth-order valence-electron chi connectivity index (χ4n) is 1.41. The number of rotatable bonds is 2. The molecular weight excluding hydrogens is 128 g/mol. The fourth-order valence-corrected chi connectivity index (χ4v) is 1.41. The molecule has 2 nitrogen and oxygen atoms in total. The zero-order valence-corrected chi connectivity index (χ0v) is 6.59. The van der Waals surface area contributed by atoms with Crippen molar-refractivity contribution in [2.75, 3.05) is 6.61 Å². The Bertz CT molecular complexity index is 131. The molecule has 1 fully saturated rings. The van der Waals surface area contributed by atoms with Gasteiger partial charge in [-0.25, -0.2) is 0 Å². The van der Waals surface area contributed by atoms with Gasteiger partial charge in [-0.15, -0.1) is 0 Å². The third-order valence-corrected chi connectivity index (χ3v) is 2.08. The van der Waals surface area contributed by atoms with Gasteiger partial charge in [-0.2, -0.15) is 0 Å². The second-order valence-corrected chi connectivity index (χ2v) is 3.03. The average Bonchev–Trinajstić information content (AvgIpc) is 2.15. The first kappa shape index (κ1) is 7.73. The van der Waals surface area contributed by atoms with E-state index < -0.39 is 0 Å². The zero-order valence-electron chi connectivity index (χ0n) is 6.59. The summed E-state index contributed by atoms with van der Waals surface area (Å²) in [6.45, 7) is 4.52. The topological polar surface area (TPSA) is 26.3 Å². The second kappa shape index (κ2) is 3.15. The molecular formula is C8H14O2. The Hall–Kier alpha value is -0.370. The summed E-state index contributed by atoms with van der Waals surface area (Å²) in [5.74, 6) is 0.764. The summed E-state index contributed by atoms with van der Waals surface area (Å²) in [6.07, 6.45) is 2.05. The number of Topliss-reactive ketones (excluding diaryl/α,β-unsaturated/α-hetero) is 1. The van der Waals surface area contributed by atoms with Crippen LogP contribution in [0.5, 0.6) is 0 Å². The third-order valence-electron chi connectivity index (χ3n) is 2.08. The number of carbonyl (C=O) groups excluding carboxylic acids is 1. The molecule has 0 aromatic carbocycles. The minimum atomic E-state index is 0.280. The van der Waals surface area contributed by atoms with Crippen molar-refractivity contribution >= 4 is 5.78 Å². The predicted octanol–water partition coefficient (Wildman–Crippen LogP) is 1.39. The lowest BCUT2D eigenvalue weighted by atomic mass is 9.97. The largest absolute Gasteiger partial charge is 0.378 e. The Labute approximate surface area is 61.6 Å². The van der Waals surface area contributed by atoms with Crippen molar-refractivity contribution in [2.45, 2.75) is 32.8 Å². The molecule has 2 unspecified atom stereocenters. The maximum atomic E-state index is 10.7. The number of ketones is 1. The van der Waals surface area contributed by atoms with Crippen LogP contribution in [-0.2, 0) is 9.53 Å². The van der Waals surface area contributed by atoms with Gasteiger partial charge in [0.2, 0.25) is 0 Å². The van der Waals surface area contributed by atoms with Gasteiger partial charge in [0.1, 0.15) is 5.78 Å². The maximum absolute atomic E-state index is 10.7. The van der Waals surface area contributed by atoms with E-state index in [1.54, 1.807) is 6.92 Å². The monoisotopic (exact) mass is 142 g/mol. The van der Waals surface area contributed by atoms with Gasteiger partial charge in [-0.1, -0.05) is 0 Å². The molecule has 0 amide bonds. The van der Waals surface area contributed by atoms with Gasteiger partial charge in [0.05, 0.1) is 6.10 Å². The predicted molar refractivity (Wildman–Crippen MR) is 38.8 cm³/mol. The average molecular weight is 142 g/mol. The van der Waals surface area contributed by atoms with E-state index in [1.807, 2.05) is 6.92 Å². The zero-order chi connectivity index (χ0) is 7.56. The summed E-state index contributed by atoms with van der Waals surface area (Å²) in [7, 11) is 0. The summed E-state index contributed by atoms with van der Waals surface area (Å²) in [4.78, 5) is 10.7. The molecule has 1 rings (SSSR count). The van der Waals surface area contributed by atoms with E-state index in [4.69, 9.17) is 4.74 Å². The van der Waals surface area contributed by atoms with E-state index in [2.05, 4.69) is 0 Å². The van der Waals surface area contributed by atoms with Crippen LogP contribution in [-0.4, -0.2) is 18.5 Å². The molecule has 0 aliphatic carbocycles. The standard InChI is InChI=1S/C8H14O2/c1-6(9)5-8-3-4-10-7(8)2/h7-8H,3-5H2,1-2H3. The quantitative estimate of drug-likeness (QED) is 0.582. The minimum absolute atomic E-state index is 0.280. The summed E-state index contributed by atoms with van der Waals surface area (Å²) >= 11 is 0. The van der Waals surface area contributed by atoms with Crippen LogP contribution < -0.4 is 0 Å².